The van der Waals surface area contributed by atoms with Crippen LogP contribution in [0.1, 0.15) is 31.7 Å². The summed E-state index contributed by atoms with van der Waals surface area (Å²) >= 11 is 0. The number of imide groups is 1. The zero-order chi connectivity index (χ0) is 20.8. The third-order valence-electron chi connectivity index (χ3n) is 6.01. The minimum atomic E-state index is -1.08. The second kappa shape index (κ2) is 6.75. The fraction of sp³-hybridized carbons (Fsp3) is 0.500. The average Bonchev–Trinajstić information content (AvgIpc) is 3.23. The number of methoxy groups -OCH3 is 1. The summed E-state index contributed by atoms with van der Waals surface area (Å²) in [6.07, 6.45) is 1.13. The molecule has 1 atom stereocenters. The maximum atomic E-state index is 13.1. The quantitative estimate of drug-likeness (QED) is 0.767. The summed E-state index contributed by atoms with van der Waals surface area (Å²) in [5, 5.41) is 6.92. The molecule has 1 aromatic rings. The van der Waals surface area contributed by atoms with Crippen LogP contribution in [-0.2, 0) is 14.4 Å². The van der Waals surface area contributed by atoms with Crippen molar-refractivity contribution >= 4 is 23.6 Å². The molecule has 4 amide bonds. The van der Waals surface area contributed by atoms with Crippen molar-refractivity contribution in [3.8, 4) is 5.75 Å². The van der Waals surface area contributed by atoms with Gasteiger partial charge in [0.15, 0.2) is 0 Å². The van der Waals surface area contributed by atoms with Gasteiger partial charge in [0.1, 0.15) is 11.3 Å². The standard InChI is InChI=1S/C20H24N4O5/c1-19(12-15(22-29-19)13-4-6-14(28-3)7-5-13)16(25)24-10-8-20(9-11-24)17(26)23(2)18(27)21-20/h4-7H,8-12H2,1-3H3,(H,21,27)/t19-/m1/s1. The van der Waals surface area contributed by atoms with Crippen LogP contribution >= 0.6 is 0 Å². The van der Waals surface area contributed by atoms with Crippen molar-refractivity contribution in [2.75, 3.05) is 27.2 Å². The fourth-order valence-electron chi connectivity index (χ4n) is 4.11. The van der Waals surface area contributed by atoms with E-state index in [4.69, 9.17) is 9.57 Å². The van der Waals surface area contributed by atoms with Crippen molar-refractivity contribution in [1.29, 1.82) is 0 Å². The summed E-state index contributed by atoms with van der Waals surface area (Å²) in [5.41, 5.74) is -0.399. The van der Waals surface area contributed by atoms with Crippen LogP contribution in [0, 0.1) is 0 Å². The zero-order valence-electron chi connectivity index (χ0n) is 16.7. The summed E-state index contributed by atoms with van der Waals surface area (Å²) in [6.45, 7) is 2.47. The number of amides is 4. The molecule has 3 aliphatic heterocycles. The van der Waals surface area contributed by atoms with Gasteiger partial charge in [-0.3, -0.25) is 14.5 Å². The van der Waals surface area contributed by atoms with E-state index < -0.39 is 17.2 Å². The molecule has 3 aliphatic rings. The molecule has 3 heterocycles. The number of nitrogens with one attached hydrogen (secondary N) is 1. The lowest BCUT2D eigenvalue weighted by molar-refractivity contribution is -0.156. The molecule has 0 saturated carbocycles. The number of carbonyl (C=O) groups is 3. The summed E-state index contributed by atoms with van der Waals surface area (Å²) in [6, 6.07) is 7.05. The third kappa shape index (κ3) is 3.10. The summed E-state index contributed by atoms with van der Waals surface area (Å²) < 4.78 is 5.17. The highest BCUT2D eigenvalue weighted by Crippen LogP contribution is 2.33. The highest BCUT2D eigenvalue weighted by molar-refractivity contribution is 6.07. The molecule has 2 saturated heterocycles. The van der Waals surface area contributed by atoms with E-state index in [1.54, 1.807) is 18.9 Å². The van der Waals surface area contributed by atoms with E-state index in [2.05, 4.69) is 10.5 Å². The first kappa shape index (κ1) is 19.2. The molecule has 1 N–H and O–H groups in total. The predicted octanol–water partition coefficient (Wildman–Crippen LogP) is 1.12. The molecule has 4 rings (SSSR count). The zero-order valence-corrected chi connectivity index (χ0v) is 16.7. The topological polar surface area (TPSA) is 101 Å². The van der Waals surface area contributed by atoms with Crippen LogP contribution in [-0.4, -0.2) is 71.7 Å². The van der Waals surface area contributed by atoms with Gasteiger partial charge < -0.3 is 19.8 Å². The molecule has 1 aromatic carbocycles. The molecule has 0 aliphatic carbocycles. The Bertz CT molecular complexity index is 889. The molecule has 154 valence electrons. The predicted molar refractivity (Wildman–Crippen MR) is 103 cm³/mol. The van der Waals surface area contributed by atoms with Crippen molar-refractivity contribution < 1.29 is 24.0 Å². The SMILES string of the molecule is COc1ccc(C2=NO[C@@](C)(C(=O)N3CCC4(CC3)NC(=O)N(C)C4=O)C2)cc1. The smallest absolute Gasteiger partial charge is 0.324 e. The van der Waals surface area contributed by atoms with Gasteiger partial charge in [0.05, 0.1) is 12.8 Å². The number of piperidine rings is 1. The van der Waals surface area contributed by atoms with E-state index in [0.29, 0.717) is 38.1 Å². The molecule has 1 spiro atoms. The van der Waals surface area contributed by atoms with Gasteiger partial charge in [-0.1, -0.05) is 5.16 Å². The van der Waals surface area contributed by atoms with Crippen molar-refractivity contribution in [2.45, 2.75) is 37.3 Å². The second-order valence-electron chi connectivity index (χ2n) is 7.93. The summed E-state index contributed by atoms with van der Waals surface area (Å²) in [4.78, 5) is 45.7. The van der Waals surface area contributed by atoms with Gasteiger partial charge in [0.25, 0.3) is 11.8 Å². The minimum absolute atomic E-state index is 0.162. The van der Waals surface area contributed by atoms with Crippen molar-refractivity contribution in [2.24, 2.45) is 5.16 Å². The molecule has 9 heteroatoms. The van der Waals surface area contributed by atoms with Gasteiger partial charge in [-0.2, -0.15) is 0 Å². The van der Waals surface area contributed by atoms with E-state index in [-0.39, 0.29) is 11.8 Å². The molecule has 29 heavy (non-hydrogen) atoms. The number of hydrogen-bond acceptors (Lipinski definition) is 6. The van der Waals surface area contributed by atoms with Crippen LogP contribution in [0.5, 0.6) is 5.75 Å². The van der Waals surface area contributed by atoms with E-state index in [1.807, 2.05) is 24.3 Å². The second-order valence-corrected chi connectivity index (χ2v) is 7.93. The van der Waals surface area contributed by atoms with Crippen LogP contribution < -0.4 is 10.1 Å². The largest absolute Gasteiger partial charge is 0.497 e. The molecule has 0 radical (unpaired) electrons. The van der Waals surface area contributed by atoms with Crippen molar-refractivity contribution in [1.82, 2.24) is 15.1 Å². The summed E-state index contributed by atoms with van der Waals surface area (Å²) in [5.74, 6) is 0.348. The van der Waals surface area contributed by atoms with Gasteiger partial charge in [-0.15, -0.1) is 0 Å². The lowest BCUT2D eigenvalue weighted by Crippen LogP contribution is -2.58. The number of hydrogen-bond donors (Lipinski definition) is 1. The Morgan fingerprint density at radius 1 is 1.21 bits per heavy atom. The van der Waals surface area contributed by atoms with Crippen LogP contribution in [0.25, 0.3) is 0 Å². The molecule has 0 bridgehead atoms. The van der Waals surface area contributed by atoms with E-state index >= 15 is 0 Å². The number of oxime groups is 1. The molecule has 0 unspecified atom stereocenters. The normalized spacial score (nSPS) is 25.7. The highest BCUT2D eigenvalue weighted by Gasteiger charge is 2.53. The molecular weight excluding hydrogens is 376 g/mol. The monoisotopic (exact) mass is 400 g/mol. The van der Waals surface area contributed by atoms with Crippen LogP contribution in [0.15, 0.2) is 29.4 Å². The van der Waals surface area contributed by atoms with Crippen molar-refractivity contribution in [3.05, 3.63) is 29.8 Å². The van der Waals surface area contributed by atoms with Gasteiger partial charge in [0, 0.05) is 26.6 Å². The maximum absolute atomic E-state index is 13.1. The lowest BCUT2D eigenvalue weighted by atomic mass is 9.86. The first-order chi connectivity index (χ1) is 13.8. The molecule has 2 fully saturated rings. The highest BCUT2D eigenvalue weighted by atomic mass is 16.7. The number of nitrogens with zero attached hydrogens (tertiary/aromatic N) is 3. The first-order valence-corrected chi connectivity index (χ1v) is 9.57. The van der Waals surface area contributed by atoms with Crippen molar-refractivity contribution in [3.63, 3.8) is 0 Å². The third-order valence-corrected chi connectivity index (χ3v) is 6.01. The summed E-state index contributed by atoms with van der Waals surface area (Å²) in [7, 11) is 3.07. The number of benzene rings is 1. The lowest BCUT2D eigenvalue weighted by Gasteiger charge is -2.39. The van der Waals surface area contributed by atoms with Crippen LogP contribution in [0.3, 0.4) is 0 Å². The van der Waals surface area contributed by atoms with Gasteiger partial charge in [0.2, 0.25) is 5.60 Å². The van der Waals surface area contributed by atoms with E-state index in [0.717, 1.165) is 16.2 Å². The Labute approximate surface area is 168 Å². The van der Waals surface area contributed by atoms with Gasteiger partial charge in [-0.05, 0) is 49.6 Å². The Morgan fingerprint density at radius 2 is 1.86 bits per heavy atom. The first-order valence-electron chi connectivity index (χ1n) is 9.57. The average molecular weight is 400 g/mol. The van der Waals surface area contributed by atoms with E-state index in [9.17, 15) is 14.4 Å². The molecule has 9 nitrogen and oxygen atoms in total. The van der Waals surface area contributed by atoms with Gasteiger partial charge >= 0.3 is 6.03 Å². The number of ether oxygens (including phenoxy) is 1. The molecule has 0 aromatic heterocycles. The van der Waals surface area contributed by atoms with Crippen LogP contribution in [0.4, 0.5) is 4.79 Å². The minimum Gasteiger partial charge on any atom is -0.497 e. The molecular formula is C20H24N4O5. The van der Waals surface area contributed by atoms with Crippen LogP contribution in [0.2, 0.25) is 0 Å². The Balaban J connectivity index is 1.40. The van der Waals surface area contributed by atoms with E-state index in [1.165, 1.54) is 7.05 Å². The number of likely N-dealkylation sites (tertiary alicyclic amines) is 1. The number of rotatable bonds is 3. The fourth-order valence-corrected chi connectivity index (χ4v) is 4.11. The number of carbonyl (C=O) groups excluding carboxylic acids is 3. The Morgan fingerprint density at radius 3 is 2.41 bits per heavy atom. The number of likely N-dealkylation sites (N-methyl/N-ethyl adjacent to an activating group) is 1. The Kier molecular flexibility index (Phi) is 4.48. The Hall–Kier alpha value is -3.10. The maximum Gasteiger partial charge on any atom is 0.324 e. The number of urea groups is 1. The van der Waals surface area contributed by atoms with Gasteiger partial charge in [-0.25, -0.2) is 4.79 Å².